The molecule has 0 unspecified atom stereocenters. The second-order valence-corrected chi connectivity index (χ2v) is 6.00. The van der Waals surface area contributed by atoms with E-state index in [0.717, 1.165) is 18.4 Å². The minimum atomic E-state index is -0.773. The summed E-state index contributed by atoms with van der Waals surface area (Å²) in [5.41, 5.74) is 1.56. The largest absolute Gasteiger partial charge is 0.478 e. The van der Waals surface area contributed by atoms with Crippen molar-refractivity contribution in [2.24, 2.45) is 0 Å². The van der Waals surface area contributed by atoms with Gasteiger partial charge in [-0.05, 0) is 26.7 Å². The molecule has 0 atom stereocenters. The van der Waals surface area contributed by atoms with Gasteiger partial charge in [-0.3, -0.25) is 0 Å². The molecule has 2 nitrogen and oxygen atoms in total. The molecule has 0 spiro atoms. The van der Waals surface area contributed by atoms with Crippen molar-refractivity contribution in [3.05, 3.63) is 11.1 Å². The second-order valence-electron chi connectivity index (χ2n) is 6.00. The van der Waals surface area contributed by atoms with Gasteiger partial charge in [0, 0.05) is 5.57 Å². The first kappa shape index (κ1) is 19.2. The monoisotopic (exact) mass is 282 g/mol. The fourth-order valence-corrected chi connectivity index (χ4v) is 2.42. The zero-order valence-electron chi connectivity index (χ0n) is 13.8. The molecule has 0 heterocycles. The minimum Gasteiger partial charge on any atom is -0.478 e. The van der Waals surface area contributed by atoms with Crippen LogP contribution in [-0.2, 0) is 4.79 Å². The summed E-state index contributed by atoms with van der Waals surface area (Å²) in [7, 11) is 0. The van der Waals surface area contributed by atoms with E-state index in [1.165, 1.54) is 64.2 Å². The lowest BCUT2D eigenvalue weighted by Crippen LogP contribution is -1.99. The summed E-state index contributed by atoms with van der Waals surface area (Å²) in [5, 5.41) is 8.87. The highest BCUT2D eigenvalue weighted by molar-refractivity contribution is 5.86. The quantitative estimate of drug-likeness (QED) is 0.327. The predicted molar refractivity (Wildman–Crippen MR) is 87.1 cm³/mol. The van der Waals surface area contributed by atoms with Crippen molar-refractivity contribution < 1.29 is 9.90 Å². The van der Waals surface area contributed by atoms with E-state index in [1.807, 2.05) is 6.92 Å². The molecular weight excluding hydrogens is 248 g/mol. The van der Waals surface area contributed by atoms with E-state index in [-0.39, 0.29) is 0 Å². The number of carbonyl (C=O) groups is 1. The molecule has 0 aliphatic heterocycles. The molecule has 0 aromatic heterocycles. The van der Waals surface area contributed by atoms with Gasteiger partial charge in [-0.1, -0.05) is 76.7 Å². The van der Waals surface area contributed by atoms with Crippen molar-refractivity contribution in [3.63, 3.8) is 0 Å². The van der Waals surface area contributed by atoms with Crippen LogP contribution < -0.4 is 0 Å². The lowest BCUT2D eigenvalue weighted by molar-refractivity contribution is -0.132. The van der Waals surface area contributed by atoms with Crippen LogP contribution in [0.5, 0.6) is 0 Å². The van der Waals surface area contributed by atoms with E-state index in [2.05, 4.69) is 6.92 Å². The first-order chi connectivity index (χ1) is 9.59. The molecule has 0 bridgehead atoms. The number of unbranched alkanes of at least 4 members (excludes halogenated alkanes) is 10. The molecule has 0 saturated carbocycles. The van der Waals surface area contributed by atoms with Crippen LogP contribution in [0, 0.1) is 0 Å². The Morgan fingerprint density at radius 1 is 0.750 bits per heavy atom. The Balaban J connectivity index is 3.33. The molecule has 20 heavy (non-hydrogen) atoms. The van der Waals surface area contributed by atoms with Gasteiger partial charge in [0.2, 0.25) is 0 Å². The molecule has 0 fully saturated rings. The fourth-order valence-electron chi connectivity index (χ4n) is 2.42. The summed E-state index contributed by atoms with van der Waals surface area (Å²) in [4.78, 5) is 10.8. The second kappa shape index (κ2) is 13.2. The van der Waals surface area contributed by atoms with Crippen molar-refractivity contribution >= 4 is 5.97 Å². The number of carboxylic acid groups (broad SMARTS) is 1. The van der Waals surface area contributed by atoms with Gasteiger partial charge in [-0.25, -0.2) is 4.79 Å². The molecular formula is C18H34O2. The zero-order chi connectivity index (χ0) is 15.2. The van der Waals surface area contributed by atoms with Crippen molar-refractivity contribution in [1.29, 1.82) is 0 Å². The number of hydrogen-bond acceptors (Lipinski definition) is 1. The first-order valence-electron chi connectivity index (χ1n) is 8.49. The van der Waals surface area contributed by atoms with Crippen molar-refractivity contribution in [3.8, 4) is 0 Å². The van der Waals surface area contributed by atoms with Gasteiger partial charge >= 0.3 is 5.97 Å². The molecule has 0 amide bonds. The third-order valence-corrected chi connectivity index (χ3v) is 4.12. The maximum atomic E-state index is 10.8. The van der Waals surface area contributed by atoms with Gasteiger partial charge in [0.1, 0.15) is 0 Å². The van der Waals surface area contributed by atoms with Gasteiger partial charge in [-0.15, -0.1) is 0 Å². The molecule has 2 heteroatoms. The van der Waals surface area contributed by atoms with Crippen LogP contribution in [0.1, 0.15) is 97.8 Å². The normalized spacial score (nSPS) is 12.3. The molecule has 118 valence electrons. The molecule has 0 saturated heterocycles. The van der Waals surface area contributed by atoms with Gasteiger partial charge in [-0.2, -0.15) is 0 Å². The number of carboxylic acids is 1. The van der Waals surface area contributed by atoms with E-state index in [0.29, 0.717) is 5.57 Å². The summed E-state index contributed by atoms with van der Waals surface area (Å²) in [6.07, 6.45) is 15.6. The van der Waals surface area contributed by atoms with Crippen LogP contribution in [0.2, 0.25) is 0 Å². The Kier molecular flexibility index (Phi) is 12.7. The molecule has 0 aromatic rings. The summed E-state index contributed by atoms with van der Waals surface area (Å²) in [5.74, 6) is -0.773. The topological polar surface area (TPSA) is 37.3 Å². The molecule has 0 radical (unpaired) electrons. The van der Waals surface area contributed by atoms with Crippen molar-refractivity contribution in [2.75, 3.05) is 0 Å². The van der Waals surface area contributed by atoms with Gasteiger partial charge < -0.3 is 5.11 Å². The van der Waals surface area contributed by atoms with Crippen LogP contribution in [0.3, 0.4) is 0 Å². The van der Waals surface area contributed by atoms with Crippen LogP contribution in [0.15, 0.2) is 11.1 Å². The van der Waals surface area contributed by atoms with Crippen molar-refractivity contribution in [2.45, 2.75) is 97.8 Å². The predicted octanol–water partition coefficient (Wildman–Crippen LogP) is 6.11. The molecule has 0 rings (SSSR count). The van der Waals surface area contributed by atoms with E-state index >= 15 is 0 Å². The van der Waals surface area contributed by atoms with Crippen LogP contribution in [0.25, 0.3) is 0 Å². The molecule has 1 N–H and O–H groups in total. The molecule has 0 aliphatic rings. The fraction of sp³-hybridized carbons (Fsp3) is 0.833. The lowest BCUT2D eigenvalue weighted by atomic mass is 10.0. The lowest BCUT2D eigenvalue weighted by Gasteiger charge is -2.05. The highest BCUT2D eigenvalue weighted by Crippen LogP contribution is 2.15. The number of rotatable bonds is 13. The van der Waals surface area contributed by atoms with Crippen molar-refractivity contribution in [1.82, 2.24) is 0 Å². The van der Waals surface area contributed by atoms with E-state index in [1.54, 1.807) is 6.92 Å². The van der Waals surface area contributed by atoms with Crippen LogP contribution in [-0.4, -0.2) is 11.1 Å². The molecule has 0 aliphatic carbocycles. The average Bonchev–Trinajstić information content (AvgIpc) is 2.43. The van der Waals surface area contributed by atoms with Crippen LogP contribution >= 0.6 is 0 Å². The summed E-state index contributed by atoms with van der Waals surface area (Å²) in [6.45, 7) is 5.91. The molecule has 0 aromatic carbocycles. The number of hydrogen-bond donors (Lipinski definition) is 1. The third-order valence-electron chi connectivity index (χ3n) is 4.12. The van der Waals surface area contributed by atoms with E-state index in [9.17, 15) is 4.79 Å². The Morgan fingerprint density at radius 3 is 1.55 bits per heavy atom. The zero-order valence-corrected chi connectivity index (χ0v) is 13.8. The third kappa shape index (κ3) is 11.1. The average molecular weight is 282 g/mol. The Hall–Kier alpha value is -0.790. The highest BCUT2D eigenvalue weighted by Gasteiger charge is 2.04. The Bertz CT molecular complexity index is 279. The maximum absolute atomic E-state index is 10.8. The SMILES string of the molecule is CCCCCCCCCCCCCC(C)=C(C)C(=O)O. The van der Waals surface area contributed by atoms with E-state index in [4.69, 9.17) is 5.11 Å². The van der Waals surface area contributed by atoms with Gasteiger partial charge in [0.05, 0.1) is 0 Å². The first-order valence-corrected chi connectivity index (χ1v) is 8.49. The standard InChI is InChI=1S/C18H34O2/c1-4-5-6-7-8-9-10-11-12-13-14-15-16(2)17(3)18(19)20/h4-15H2,1-3H3,(H,19,20). The van der Waals surface area contributed by atoms with Crippen LogP contribution in [0.4, 0.5) is 0 Å². The number of aliphatic carboxylic acids is 1. The van der Waals surface area contributed by atoms with Gasteiger partial charge in [0.25, 0.3) is 0 Å². The minimum absolute atomic E-state index is 0.525. The Labute approximate surface area is 125 Å². The number of allylic oxidation sites excluding steroid dienone is 1. The summed E-state index contributed by atoms with van der Waals surface area (Å²) >= 11 is 0. The summed E-state index contributed by atoms with van der Waals surface area (Å²) < 4.78 is 0. The van der Waals surface area contributed by atoms with E-state index < -0.39 is 5.97 Å². The summed E-state index contributed by atoms with van der Waals surface area (Å²) in [6, 6.07) is 0. The van der Waals surface area contributed by atoms with Gasteiger partial charge in [0.15, 0.2) is 0 Å². The Morgan fingerprint density at radius 2 is 1.15 bits per heavy atom. The maximum Gasteiger partial charge on any atom is 0.331 e. The highest BCUT2D eigenvalue weighted by atomic mass is 16.4. The smallest absolute Gasteiger partial charge is 0.331 e.